The molecule has 1 rings (SSSR count). The van der Waals surface area contributed by atoms with E-state index in [2.05, 4.69) is 5.32 Å². The molecule has 0 aliphatic carbocycles. The van der Waals surface area contributed by atoms with Crippen LogP contribution in [-0.2, 0) is 9.53 Å². The number of hydrogen-bond donors (Lipinski definition) is 1. The fourth-order valence-electron chi connectivity index (χ4n) is 1.20. The quantitative estimate of drug-likeness (QED) is 0.813. The molecule has 0 atom stereocenters. The van der Waals surface area contributed by atoms with Crippen molar-refractivity contribution >= 4 is 11.7 Å². The summed E-state index contributed by atoms with van der Waals surface area (Å²) >= 11 is 0. The first-order valence-electron chi connectivity index (χ1n) is 5.16. The van der Waals surface area contributed by atoms with Gasteiger partial charge in [0.2, 0.25) is 0 Å². The monoisotopic (exact) mass is 236 g/mol. The predicted octanol–water partition coefficient (Wildman–Crippen LogP) is 2.06. The van der Waals surface area contributed by atoms with Crippen LogP contribution in [-0.4, -0.2) is 18.6 Å². The lowest BCUT2D eigenvalue weighted by molar-refractivity contribution is -0.145. The fraction of sp³-hybridized carbons (Fsp3) is 0.333. The van der Waals surface area contributed by atoms with E-state index in [1.807, 2.05) is 6.07 Å². The zero-order valence-corrected chi connectivity index (χ0v) is 9.66. The number of carbonyl (C=O) groups excluding carboxylic acids is 1. The summed E-state index contributed by atoms with van der Waals surface area (Å²) in [5.74, 6) is -1.02. The van der Waals surface area contributed by atoms with E-state index in [-0.39, 0.29) is 23.9 Å². The Kier molecular flexibility index (Phi) is 4.46. The molecule has 5 heteroatoms. The zero-order chi connectivity index (χ0) is 12.8. The van der Waals surface area contributed by atoms with Crippen molar-refractivity contribution in [2.45, 2.75) is 20.0 Å². The second kappa shape index (κ2) is 5.85. The van der Waals surface area contributed by atoms with E-state index in [0.29, 0.717) is 0 Å². The van der Waals surface area contributed by atoms with E-state index in [1.165, 1.54) is 12.1 Å². The number of esters is 1. The minimum absolute atomic E-state index is 0.110. The van der Waals surface area contributed by atoms with Crippen molar-refractivity contribution in [1.29, 1.82) is 5.26 Å². The molecule has 4 nitrogen and oxygen atoms in total. The summed E-state index contributed by atoms with van der Waals surface area (Å²) in [7, 11) is 0. The van der Waals surface area contributed by atoms with Crippen molar-refractivity contribution in [3.05, 3.63) is 29.6 Å². The van der Waals surface area contributed by atoms with Crippen LogP contribution in [0.25, 0.3) is 0 Å². The Morgan fingerprint density at radius 3 is 2.82 bits per heavy atom. The van der Waals surface area contributed by atoms with Crippen LogP contribution < -0.4 is 5.32 Å². The maximum atomic E-state index is 13.4. The van der Waals surface area contributed by atoms with Crippen molar-refractivity contribution < 1.29 is 13.9 Å². The van der Waals surface area contributed by atoms with Crippen molar-refractivity contribution in [3.8, 4) is 6.07 Å². The molecule has 17 heavy (non-hydrogen) atoms. The maximum Gasteiger partial charge on any atom is 0.325 e. The molecule has 1 N–H and O–H groups in total. The minimum Gasteiger partial charge on any atom is -0.462 e. The predicted molar refractivity (Wildman–Crippen MR) is 60.8 cm³/mol. The molecule has 1 aromatic carbocycles. The standard InChI is InChI=1S/C12H13FN2O2/c1-8(2)17-12(16)7-15-11-4-3-9(6-14)5-10(11)13/h3-5,8,15H,7H2,1-2H3. The molecule has 1 aromatic rings. The van der Waals surface area contributed by atoms with E-state index in [9.17, 15) is 9.18 Å². The normalized spacial score (nSPS) is 9.82. The molecule has 0 aliphatic rings. The number of halogens is 1. The fourth-order valence-corrected chi connectivity index (χ4v) is 1.20. The SMILES string of the molecule is CC(C)OC(=O)CNc1ccc(C#N)cc1F. The molecular weight excluding hydrogens is 223 g/mol. The van der Waals surface area contributed by atoms with E-state index in [4.69, 9.17) is 10.00 Å². The Morgan fingerprint density at radius 1 is 1.59 bits per heavy atom. The van der Waals surface area contributed by atoms with Gasteiger partial charge in [-0.3, -0.25) is 4.79 Å². The Bertz CT molecular complexity index is 452. The van der Waals surface area contributed by atoms with E-state index in [1.54, 1.807) is 13.8 Å². The van der Waals surface area contributed by atoms with Gasteiger partial charge in [0.15, 0.2) is 0 Å². The lowest BCUT2D eigenvalue weighted by atomic mass is 10.2. The number of benzene rings is 1. The van der Waals surface area contributed by atoms with Crippen LogP contribution in [0.4, 0.5) is 10.1 Å². The molecule has 0 aromatic heterocycles. The van der Waals surface area contributed by atoms with Gasteiger partial charge >= 0.3 is 5.97 Å². The van der Waals surface area contributed by atoms with Crippen molar-refractivity contribution in [2.24, 2.45) is 0 Å². The third-order valence-electron chi connectivity index (χ3n) is 1.89. The number of rotatable bonds is 4. The molecule has 0 heterocycles. The summed E-state index contributed by atoms with van der Waals surface area (Å²) in [5, 5.41) is 11.2. The summed E-state index contributed by atoms with van der Waals surface area (Å²) in [6.45, 7) is 3.36. The topological polar surface area (TPSA) is 62.1 Å². The molecule has 0 radical (unpaired) electrons. The largest absolute Gasteiger partial charge is 0.462 e. The van der Waals surface area contributed by atoms with Gasteiger partial charge in [0.05, 0.1) is 23.4 Å². The molecular formula is C12H13FN2O2. The average molecular weight is 236 g/mol. The molecule has 0 bridgehead atoms. The second-order valence-electron chi connectivity index (χ2n) is 3.70. The summed E-state index contributed by atoms with van der Waals surface area (Å²) < 4.78 is 18.3. The van der Waals surface area contributed by atoms with Gasteiger partial charge in [0.25, 0.3) is 0 Å². The Morgan fingerprint density at radius 2 is 2.29 bits per heavy atom. The summed E-state index contributed by atoms with van der Waals surface area (Å²) in [6, 6.07) is 5.82. The Labute approximate surface area is 99.0 Å². The van der Waals surface area contributed by atoms with E-state index in [0.717, 1.165) is 6.07 Å². The highest BCUT2D eigenvalue weighted by Gasteiger charge is 2.08. The number of ether oxygens (including phenoxy) is 1. The number of carbonyl (C=O) groups is 1. The molecule has 90 valence electrons. The lowest BCUT2D eigenvalue weighted by Gasteiger charge is -2.10. The van der Waals surface area contributed by atoms with E-state index >= 15 is 0 Å². The molecule has 0 aliphatic heterocycles. The highest BCUT2D eigenvalue weighted by atomic mass is 19.1. The van der Waals surface area contributed by atoms with Gasteiger partial charge < -0.3 is 10.1 Å². The van der Waals surface area contributed by atoms with Gasteiger partial charge in [-0.05, 0) is 32.0 Å². The smallest absolute Gasteiger partial charge is 0.325 e. The first kappa shape index (κ1) is 13.0. The van der Waals surface area contributed by atoms with Gasteiger partial charge in [-0.1, -0.05) is 0 Å². The van der Waals surface area contributed by atoms with Gasteiger partial charge in [0, 0.05) is 0 Å². The van der Waals surface area contributed by atoms with E-state index < -0.39 is 11.8 Å². The Hall–Kier alpha value is -2.09. The third-order valence-corrected chi connectivity index (χ3v) is 1.89. The van der Waals surface area contributed by atoms with Crippen molar-refractivity contribution in [3.63, 3.8) is 0 Å². The summed E-state index contributed by atoms with van der Waals surface area (Å²) in [4.78, 5) is 11.2. The van der Waals surface area contributed by atoms with Crippen LogP contribution in [0.1, 0.15) is 19.4 Å². The zero-order valence-electron chi connectivity index (χ0n) is 9.66. The van der Waals surface area contributed by atoms with Crippen molar-refractivity contribution in [2.75, 3.05) is 11.9 Å². The minimum atomic E-state index is -0.568. The summed E-state index contributed by atoms with van der Waals surface area (Å²) in [5.41, 5.74) is 0.405. The van der Waals surface area contributed by atoms with Gasteiger partial charge in [0.1, 0.15) is 12.4 Å². The molecule has 0 amide bonds. The van der Waals surface area contributed by atoms with Crippen LogP contribution in [0.5, 0.6) is 0 Å². The number of hydrogen-bond acceptors (Lipinski definition) is 4. The summed E-state index contributed by atoms with van der Waals surface area (Å²) in [6.07, 6.45) is -0.199. The number of nitriles is 1. The Balaban J connectivity index is 2.58. The van der Waals surface area contributed by atoms with Gasteiger partial charge in [-0.2, -0.15) is 5.26 Å². The van der Waals surface area contributed by atoms with Gasteiger partial charge in [-0.15, -0.1) is 0 Å². The van der Waals surface area contributed by atoms with Crippen LogP contribution >= 0.6 is 0 Å². The van der Waals surface area contributed by atoms with Crippen LogP contribution in [0.15, 0.2) is 18.2 Å². The second-order valence-corrected chi connectivity index (χ2v) is 3.70. The third kappa shape index (κ3) is 4.11. The highest BCUT2D eigenvalue weighted by Crippen LogP contribution is 2.14. The number of nitrogens with zero attached hydrogens (tertiary/aromatic N) is 1. The van der Waals surface area contributed by atoms with Crippen LogP contribution in [0.2, 0.25) is 0 Å². The first-order chi connectivity index (χ1) is 8.02. The molecule has 0 spiro atoms. The molecule has 0 fully saturated rings. The van der Waals surface area contributed by atoms with Crippen LogP contribution in [0, 0.1) is 17.1 Å². The average Bonchev–Trinajstić information content (AvgIpc) is 2.26. The lowest BCUT2D eigenvalue weighted by Crippen LogP contribution is -2.20. The van der Waals surface area contributed by atoms with Crippen LogP contribution in [0.3, 0.4) is 0 Å². The molecule has 0 unspecified atom stereocenters. The highest BCUT2D eigenvalue weighted by molar-refractivity contribution is 5.75. The van der Waals surface area contributed by atoms with Gasteiger partial charge in [-0.25, -0.2) is 4.39 Å². The molecule has 0 saturated heterocycles. The number of anilines is 1. The molecule has 0 saturated carbocycles. The van der Waals surface area contributed by atoms with Crippen molar-refractivity contribution in [1.82, 2.24) is 0 Å². The first-order valence-corrected chi connectivity index (χ1v) is 5.16. The number of nitrogens with one attached hydrogen (secondary N) is 1. The maximum absolute atomic E-state index is 13.4.